The Bertz CT molecular complexity index is 2710. The van der Waals surface area contributed by atoms with Crippen LogP contribution >= 0.6 is 23.2 Å². The quantitative estimate of drug-likeness (QED) is 0.135. The molecule has 14 heteroatoms. The highest BCUT2D eigenvalue weighted by Crippen LogP contribution is 2.38. The van der Waals surface area contributed by atoms with Crippen molar-refractivity contribution >= 4 is 62.1 Å². The van der Waals surface area contributed by atoms with E-state index in [-0.39, 0.29) is 28.8 Å². The van der Waals surface area contributed by atoms with E-state index in [0.29, 0.717) is 44.2 Å². The smallest absolute Gasteiger partial charge is 0.141 e. The fraction of sp³-hybridized carbons (Fsp3) is 0.244. The molecule has 7 aromatic rings. The van der Waals surface area contributed by atoms with Crippen LogP contribution in [0.2, 0.25) is 10.0 Å². The summed E-state index contributed by atoms with van der Waals surface area (Å²) in [6.45, 7) is 8.59. The van der Waals surface area contributed by atoms with Crippen molar-refractivity contribution < 1.29 is 9.50 Å². The number of hydrogen-bond donors (Lipinski definition) is 3. The Kier molecular flexibility index (Phi) is 12.4. The molecule has 1 aliphatic heterocycles. The van der Waals surface area contributed by atoms with E-state index in [9.17, 15) is 14.8 Å². The molecule has 0 bridgehead atoms. The lowest BCUT2D eigenvalue weighted by molar-refractivity contribution is 0.0866. The van der Waals surface area contributed by atoms with Gasteiger partial charge in [0.05, 0.1) is 62.8 Å². The van der Waals surface area contributed by atoms with Crippen LogP contribution in [0.15, 0.2) is 104 Å². The van der Waals surface area contributed by atoms with Gasteiger partial charge in [-0.2, -0.15) is 10.5 Å². The second kappa shape index (κ2) is 17.8. The van der Waals surface area contributed by atoms with Crippen molar-refractivity contribution in [2.75, 3.05) is 23.7 Å². The fourth-order valence-electron chi connectivity index (χ4n) is 7.18. The number of nitrogens with one attached hydrogen (secondary N) is 2. The molecule has 8 rings (SSSR count). The average Bonchev–Trinajstić information content (AvgIpc) is 3.74. The number of nitriles is 2. The highest BCUT2D eigenvalue weighted by Gasteiger charge is 2.29. The average molecular weight is 828 g/mol. The second-order valence-corrected chi connectivity index (χ2v) is 16.1. The number of rotatable bonds is 8. The number of para-hydroxylation sites is 1. The van der Waals surface area contributed by atoms with Gasteiger partial charge in [0.1, 0.15) is 23.6 Å². The Labute approximate surface area is 351 Å². The van der Waals surface area contributed by atoms with Crippen molar-refractivity contribution in [3.8, 4) is 12.1 Å². The Balaban J connectivity index is 0.000000375. The molecule has 0 saturated carbocycles. The van der Waals surface area contributed by atoms with Crippen LogP contribution in [0.5, 0.6) is 0 Å². The van der Waals surface area contributed by atoms with Crippen LogP contribution in [-0.4, -0.2) is 53.6 Å². The Morgan fingerprint density at radius 3 is 2.41 bits per heavy atom. The molecule has 0 spiro atoms. The minimum atomic E-state index is -0.546. The number of pyridine rings is 2. The van der Waals surface area contributed by atoms with E-state index in [1.165, 1.54) is 18.3 Å². The molecule has 4 aromatic carbocycles. The van der Waals surface area contributed by atoms with Crippen molar-refractivity contribution in [3.05, 3.63) is 147 Å². The SMILES string of the molecule is CC(C)(C)N1CCC(n2cc([C@@H](Nc3cc(Cl)c4ncc(C#N)c(Nc5ccc(F)c(Cl)c5)c4c3)c3cccc(CO)c3)nn2)CC1.N#Cc1cnc2ccccc2c1. The fourth-order valence-corrected chi connectivity index (χ4v) is 7.63. The van der Waals surface area contributed by atoms with Gasteiger partial charge < -0.3 is 15.7 Å². The summed E-state index contributed by atoms with van der Waals surface area (Å²) in [6.07, 6.45) is 6.97. The van der Waals surface area contributed by atoms with Crippen LogP contribution in [0.1, 0.15) is 73.6 Å². The summed E-state index contributed by atoms with van der Waals surface area (Å²) in [5.74, 6) is -0.546. The summed E-state index contributed by atoms with van der Waals surface area (Å²) in [5.41, 5.74) is 6.37. The summed E-state index contributed by atoms with van der Waals surface area (Å²) in [7, 11) is 0. The first-order valence-electron chi connectivity index (χ1n) is 19.1. The molecule has 59 heavy (non-hydrogen) atoms. The molecule has 11 nitrogen and oxygen atoms in total. The number of aromatic nitrogens is 5. The first-order valence-corrected chi connectivity index (χ1v) is 19.8. The van der Waals surface area contributed by atoms with Crippen LogP contribution in [0, 0.1) is 28.5 Å². The van der Waals surface area contributed by atoms with E-state index in [1.807, 2.05) is 71.5 Å². The number of fused-ring (bicyclic) bond motifs is 2. The third-order valence-electron chi connectivity index (χ3n) is 10.3. The van der Waals surface area contributed by atoms with Gasteiger partial charge in [-0.1, -0.05) is 70.9 Å². The molecule has 0 unspecified atom stereocenters. The molecule has 3 aromatic heterocycles. The number of anilines is 3. The summed E-state index contributed by atoms with van der Waals surface area (Å²) < 4.78 is 15.8. The van der Waals surface area contributed by atoms with Crippen molar-refractivity contribution in [2.45, 2.75) is 57.8 Å². The number of likely N-dealkylation sites (tertiary alicyclic amines) is 1. The van der Waals surface area contributed by atoms with Gasteiger partial charge in [-0.15, -0.1) is 5.10 Å². The monoisotopic (exact) mass is 826 g/mol. The predicted molar refractivity (Wildman–Crippen MR) is 230 cm³/mol. The second-order valence-electron chi connectivity index (χ2n) is 15.3. The molecule has 0 radical (unpaired) electrons. The molecule has 1 atom stereocenters. The van der Waals surface area contributed by atoms with Crippen LogP contribution in [0.25, 0.3) is 21.8 Å². The number of aliphatic hydroxyl groups is 1. The largest absolute Gasteiger partial charge is 0.392 e. The molecule has 3 N–H and O–H groups in total. The summed E-state index contributed by atoms with van der Waals surface area (Å²) >= 11 is 12.8. The zero-order valence-corrected chi connectivity index (χ0v) is 34.2. The third-order valence-corrected chi connectivity index (χ3v) is 10.9. The van der Waals surface area contributed by atoms with Gasteiger partial charge in [0.2, 0.25) is 0 Å². The Hall–Kier alpha value is -6.15. The minimum Gasteiger partial charge on any atom is -0.392 e. The lowest BCUT2D eigenvalue weighted by Crippen LogP contribution is -2.46. The summed E-state index contributed by atoms with van der Waals surface area (Å²) in [5, 5.41) is 46.3. The van der Waals surface area contributed by atoms with Crippen LogP contribution in [0.3, 0.4) is 0 Å². The van der Waals surface area contributed by atoms with Gasteiger partial charge in [0.15, 0.2) is 0 Å². The van der Waals surface area contributed by atoms with Crippen molar-refractivity contribution in [1.29, 1.82) is 10.5 Å². The number of piperidine rings is 1. The van der Waals surface area contributed by atoms with Gasteiger partial charge >= 0.3 is 0 Å². The van der Waals surface area contributed by atoms with Crippen LogP contribution < -0.4 is 10.6 Å². The predicted octanol–water partition coefficient (Wildman–Crippen LogP) is 10.1. The number of benzene rings is 4. The first kappa shape index (κ1) is 41.0. The van der Waals surface area contributed by atoms with E-state index in [2.05, 4.69) is 68.7 Å². The van der Waals surface area contributed by atoms with Crippen LogP contribution in [0.4, 0.5) is 21.5 Å². The maximum absolute atomic E-state index is 13.9. The summed E-state index contributed by atoms with van der Waals surface area (Å²) in [4.78, 5) is 11.1. The molecular formula is C45H41Cl2FN10O. The first-order chi connectivity index (χ1) is 28.4. The van der Waals surface area contributed by atoms with Gasteiger partial charge in [-0.05, 0) is 87.2 Å². The normalized spacial score (nSPS) is 13.9. The topological polar surface area (TPSA) is 152 Å². The molecular weight excluding hydrogens is 786 g/mol. The highest BCUT2D eigenvalue weighted by molar-refractivity contribution is 6.36. The van der Waals surface area contributed by atoms with Crippen LogP contribution in [-0.2, 0) is 6.61 Å². The van der Waals surface area contributed by atoms with Gasteiger partial charge in [-0.25, -0.2) is 9.07 Å². The van der Waals surface area contributed by atoms with Crippen molar-refractivity contribution in [1.82, 2.24) is 29.9 Å². The molecule has 0 aliphatic carbocycles. The van der Waals surface area contributed by atoms with E-state index >= 15 is 0 Å². The molecule has 1 saturated heterocycles. The molecule has 1 aliphatic rings. The Morgan fingerprint density at radius 2 is 1.68 bits per heavy atom. The van der Waals surface area contributed by atoms with E-state index in [1.54, 1.807) is 18.3 Å². The molecule has 1 fully saturated rings. The maximum atomic E-state index is 13.9. The van der Waals surface area contributed by atoms with Gasteiger partial charge in [0.25, 0.3) is 0 Å². The lowest BCUT2D eigenvalue weighted by Gasteiger charge is -2.40. The lowest BCUT2D eigenvalue weighted by atomic mass is 9.98. The summed E-state index contributed by atoms with van der Waals surface area (Å²) in [6, 6.07) is 29.2. The number of hydrogen-bond acceptors (Lipinski definition) is 10. The van der Waals surface area contributed by atoms with Crippen molar-refractivity contribution in [2.24, 2.45) is 0 Å². The zero-order valence-electron chi connectivity index (χ0n) is 32.7. The molecule has 4 heterocycles. The highest BCUT2D eigenvalue weighted by atomic mass is 35.5. The van der Waals surface area contributed by atoms with Gasteiger partial charge in [0, 0.05) is 53.2 Å². The molecule has 0 amide bonds. The molecule has 298 valence electrons. The number of halogens is 3. The third kappa shape index (κ3) is 9.44. The Morgan fingerprint density at radius 1 is 0.898 bits per heavy atom. The van der Waals surface area contributed by atoms with Crippen molar-refractivity contribution in [3.63, 3.8) is 0 Å². The minimum absolute atomic E-state index is 0.0481. The van der Waals surface area contributed by atoms with E-state index in [0.717, 1.165) is 48.0 Å². The van der Waals surface area contributed by atoms with E-state index in [4.69, 9.17) is 28.5 Å². The van der Waals surface area contributed by atoms with Gasteiger partial charge in [-0.3, -0.25) is 14.9 Å². The number of nitrogens with zero attached hydrogens (tertiary/aromatic N) is 8. The van der Waals surface area contributed by atoms with E-state index < -0.39 is 11.9 Å². The standard InChI is InChI=1S/C35H35Cl2FN8O.C10H6N2/c1-35(2,3)45-11-9-26(10-12-45)46-19-31(43-44-46)33(22-6-4-5-21(13-22)20-47)42-25-14-27-32(41-24-7-8-30(38)28(36)15-24)23(17-39)18-40-34(27)29(37)16-25;11-6-8-5-9-3-1-2-4-10(9)12-7-8/h4-8,13-16,18-19,26,33,42,47H,9-12,20H2,1-3H3,(H,40,41);1-5,7H/t33-;/m0./s1. The zero-order chi connectivity index (χ0) is 41.7. The number of aliphatic hydroxyl groups excluding tert-OH is 1. The maximum Gasteiger partial charge on any atom is 0.141 e.